The molecule has 2 aromatic carbocycles. The highest BCUT2D eigenvalue weighted by Gasteiger charge is 2.07. The van der Waals surface area contributed by atoms with Gasteiger partial charge in [-0.15, -0.1) is 0 Å². The van der Waals surface area contributed by atoms with E-state index < -0.39 is 0 Å². The van der Waals surface area contributed by atoms with E-state index in [0.29, 0.717) is 36.8 Å². The minimum atomic E-state index is -0.000643. The van der Waals surface area contributed by atoms with Crippen molar-refractivity contribution in [2.45, 2.75) is 33.6 Å². The summed E-state index contributed by atoms with van der Waals surface area (Å²) in [5.41, 5.74) is 9.63. The van der Waals surface area contributed by atoms with E-state index in [1.165, 1.54) is 0 Å². The number of nitrogens with one attached hydrogen (secondary N) is 1. The summed E-state index contributed by atoms with van der Waals surface area (Å²) in [7, 11) is 0. The van der Waals surface area contributed by atoms with Crippen LogP contribution in [-0.2, 0) is 11.2 Å². The topological polar surface area (TPSA) is 64.3 Å². The number of nitrogens with two attached hydrogens (primary N) is 1. The molecule has 0 spiro atoms. The quantitative estimate of drug-likeness (QED) is 0.750. The Labute approximate surface area is 144 Å². The number of aryl methyl sites for hydroxylation is 2. The van der Waals surface area contributed by atoms with Gasteiger partial charge in [0.05, 0.1) is 12.3 Å². The molecule has 2 rings (SSSR count). The highest BCUT2D eigenvalue weighted by molar-refractivity contribution is 5.90. The first-order chi connectivity index (χ1) is 11.4. The molecule has 0 atom stereocenters. The second kappa shape index (κ2) is 8.39. The summed E-state index contributed by atoms with van der Waals surface area (Å²) in [5.74, 6) is 1.16. The van der Waals surface area contributed by atoms with Gasteiger partial charge in [-0.25, -0.2) is 0 Å². The average molecular weight is 326 g/mol. The summed E-state index contributed by atoms with van der Waals surface area (Å²) < 4.78 is 5.66. The van der Waals surface area contributed by atoms with E-state index in [1.807, 2.05) is 49.4 Å². The Kier molecular flexibility index (Phi) is 6.24. The van der Waals surface area contributed by atoms with Crippen LogP contribution in [0.4, 0.5) is 11.4 Å². The Balaban J connectivity index is 1.87. The van der Waals surface area contributed by atoms with Gasteiger partial charge >= 0.3 is 0 Å². The normalized spacial score (nSPS) is 10.7. The summed E-state index contributed by atoms with van der Waals surface area (Å²) in [6, 6.07) is 13.5. The van der Waals surface area contributed by atoms with E-state index in [4.69, 9.17) is 10.5 Å². The third-order valence-corrected chi connectivity index (χ3v) is 3.59. The number of anilines is 2. The van der Waals surface area contributed by atoms with Crippen molar-refractivity contribution in [2.24, 2.45) is 5.92 Å². The lowest BCUT2D eigenvalue weighted by atomic mass is 10.1. The third kappa shape index (κ3) is 5.61. The Morgan fingerprint density at radius 1 is 1.21 bits per heavy atom. The zero-order chi connectivity index (χ0) is 17.5. The number of carbonyl (C=O) groups excluding carboxylic acids is 1. The molecule has 2 aromatic rings. The lowest BCUT2D eigenvalue weighted by molar-refractivity contribution is -0.116. The zero-order valence-corrected chi connectivity index (χ0v) is 14.6. The zero-order valence-electron chi connectivity index (χ0n) is 14.6. The number of carbonyl (C=O) groups is 1. The second-order valence-electron chi connectivity index (χ2n) is 6.49. The molecule has 128 valence electrons. The van der Waals surface area contributed by atoms with Crippen molar-refractivity contribution in [1.29, 1.82) is 0 Å². The molecular weight excluding hydrogens is 300 g/mol. The second-order valence-corrected chi connectivity index (χ2v) is 6.49. The van der Waals surface area contributed by atoms with Crippen LogP contribution in [0.15, 0.2) is 42.5 Å². The average Bonchev–Trinajstić information content (AvgIpc) is 2.52. The van der Waals surface area contributed by atoms with Crippen molar-refractivity contribution in [3.05, 3.63) is 53.6 Å². The molecule has 0 aromatic heterocycles. The standard InChI is InChI=1S/C20H26N2O2/c1-14(2)13-24-19-9-7-16(12-18(19)21)8-10-20(23)22-17-6-4-5-15(3)11-17/h4-7,9,11-12,14H,8,10,13,21H2,1-3H3,(H,22,23). The molecule has 0 saturated carbocycles. The van der Waals surface area contributed by atoms with E-state index >= 15 is 0 Å². The summed E-state index contributed by atoms with van der Waals surface area (Å²) in [6.07, 6.45) is 1.06. The maximum atomic E-state index is 12.1. The van der Waals surface area contributed by atoms with E-state index in [1.54, 1.807) is 0 Å². The van der Waals surface area contributed by atoms with E-state index in [9.17, 15) is 4.79 Å². The maximum Gasteiger partial charge on any atom is 0.224 e. The van der Waals surface area contributed by atoms with Crippen LogP contribution in [0.2, 0.25) is 0 Å². The van der Waals surface area contributed by atoms with Crippen molar-refractivity contribution >= 4 is 17.3 Å². The fourth-order valence-electron chi connectivity index (χ4n) is 2.35. The van der Waals surface area contributed by atoms with Crippen LogP contribution in [0.3, 0.4) is 0 Å². The van der Waals surface area contributed by atoms with Gasteiger partial charge in [-0.3, -0.25) is 4.79 Å². The molecule has 4 nitrogen and oxygen atoms in total. The van der Waals surface area contributed by atoms with Crippen LogP contribution in [0, 0.1) is 12.8 Å². The van der Waals surface area contributed by atoms with Crippen LogP contribution < -0.4 is 15.8 Å². The summed E-state index contributed by atoms with van der Waals surface area (Å²) in [6.45, 7) is 6.83. The molecule has 0 saturated heterocycles. The highest BCUT2D eigenvalue weighted by Crippen LogP contribution is 2.24. The summed E-state index contributed by atoms with van der Waals surface area (Å²) in [5, 5.41) is 2.92. The third-order valence-electron chi connectivity index (χ3n) is 3.59. The van der Waals surface area contributed by atoms with Gasteiger partial charge < -0.3 is 15.8 Å². The van der Waals surface area contributed by atoms with Gasteiger partial charge in [0, 0.05) is 12.1 Å². The van der Waals surface area contributed by atoms with Crippen molar-refractivity contribution in [3.63, 3.8) is 0 Å². The van der Waals surface area contributed by atoms with E-state index in [2.05, 4.69) is 19.2 Å². The lowest BCUT2D eigenvalue weighted by Crippen LogP contribution is -2.12. The molecule has 24 heavy (non-hydrogen) atoms. The number of ether oxygens (including phenoxy) is 1. The van der Waals surface area contributed by atoms with Crippen LogP contribution in [0.5, 0.6) is 5.75 Å². The maximum absolute atomic E-state index is 12.1. The van der Waals surface area contributed by atoms with Gasteiger partial charge in [0.15, 0.2) is 0 Å². The molecule has 0 aliphatic carbocycles. The monoisotopic (exact) mass is 326 g/mol. The first-order valence-corrected chi connectivity index (χ1v) is 8.32. The number of nitrogen functional groups attached to an aromatic ring is 1. The molecule has 0 aliphatic rings. The minimum absolute atomic E-state index is 0.000643. The molecule has 0 fully saturated rings. The largest absolute Gasteiger partial charge is 0.491 e. The van der Waals surface area contributed by atoms with Gasteiger partial charge in [-0.2, -0.15) is 0 Å². The number of benzene rings is 2. The first kappa shape index (κ1) is 17.9. The number of hydrogen-bond acceptors (Lipinski definition) is 3. The number of rotatable bonds is 7. The number of amides is 1. The van der Waals surface area contributed by atoms with Crippen LogP contribution in [0.1, 0.15) is 31.4 Å². The smallest absolute Gasteiger partial charge is 0.224 e. The molecular formula is C20H26N2O2. The molecule has 0 heterocycles. The highest BCUT2D eigenvalue weighted by atomic mass is 16.5. The Hall–Kier alpha value is -2.49. The minimum Gasteiger partial charge on any atom is -0.491 e. The Bertz CT molecular complexity index is 696. The summed E-state index contributed by atoms with van der Waals surface area (Å²) in [4.78, 5) is 12.1. The van der Waals surface area contributed by atoms with Crippen molar-refractivity contribution in [2.75, 3.05) is 17.7 Å². The molecule has 0 bridgehead atoms. The predicted octanol–water partition coefficient (Wildman–Crippen LogP) is 4.18. The van der Waals surface area contributed by atoms with Crippen molar-refractivity contribution < 1.29 is 9.53 Å². The Morgan fingerprint density at radius 3 is 2.67 bits per heavy atom. The lowest BCUT2D eigenvalue weighted by Gasteiger charge is -2.12. The fraction of sp³-hybridized carbons (Fsp3) is 0.350. The number of hydrogen-bond donors (Lipinski definition) is 2. The van der Waals surface area contributed by atoms with Crippen molar-refractivity contribution in [3.8, 4) is 5.75 Å². The van der Waals surface area contributed by atoms with E-state index in [0.717, 1.165) is 16.8 Å². The van der Waals surface area contributed by atoms with E-state index in [-0.39, 0.29) is 5.91 Å². The molecule has 4 heteroatoms. The SMILES string of the molecule is Cc1cccc(NC(=O)CCc2ccc(OCC(C)C)c(N)c2)c1. The molecule has 1 amide bonds. The first-order valence-electron chi connectivity index (χ1n) is 8.32. The van der Waals surface area contributed by atoms with Crippen LogP contribution in [-0.4, -0.2) is 12.5 Å². The molecule has 3 N–H and O–H groups in total. The van der Waals surface area contributed by atoms with Gasteiger partial charge in [0.25, 0.3) is 0 Å². The van der Waals surface area contributed by atoms with Gasteiger partial charge in [0.1, 0.15) is 5.75 Å². The van der Waals surface area contributed by atoms with Crippen LogP contribution in [0.25, 0.3) is 0 Å². The van der Waals surface area contributed by atoms with Crippen molar-refractivity contribution in [1.82, 2.24) is 0 Å². The predicted molar refractivity (Wildman–Crippen MR) is 99.3 cm³/mol. The fourth-order valence-corrected chi connectivity index (χ4v) is 2.35. The molecule has 0 aliphatic heterocycles. The van der Waals surface area contributed by atoms with Gasteiger partial charge in [-0.1, -0.05) is 32.0 Å². The summed E-state index contributed by atoms with van der Waals surface area (Å²) >= 11 is 0. The Morgan fingerprint density at radius 2 is 2.00 bits per heavy atom. The van der Waals surface area contributed by atoms with Crippen LogP contribution >= 0.6 is 0 Å². The van der Waals surface area contributed by atoms with Gasteiger partial charge in [-0.05, 0) is 54.7 Å². The molecule has 0 radical (unpaired) electrons. The van der Waals surface area contributed by atoms with Gasteiger partial charge in [0.2, 0.25) is 5.91 Å². The molecule has 0 unspecified atom stereocenters.